The molecule has 0 spiro atoms. The molecule has 0 aliphatic carbocycles. The first-order valence-corrected chi connectivity index (χ1v) is 6.14. The van der Waals surface area contributed by atoms with Gasteiger partial charge in [0.1, 0.15) is 17.3 Å². The lowest BCUT2D eigenvalue weighted by molar-refractivity contribution is 0.410. The molecular weight excluding hydrogens is 255 g/mol. The summed E-state index contributed by atoms with van der Waals surface area (Å²) in [6, 6.07) is 6.44. The van der Waals surface area contributed by atoms with Crippen molar-refractivity contribution >= 4 is 11.6 Å². The van der Waals surface area contributed by atoms with Crippen molar-refractivity contribution in [1.82, 2.24) is 0 Å². The first-order valence-electron chi connectivity index (χ1n) is 5.71. The molecule has 0 radical (unpaired) electrons. The highest BCUT2D eigenvalue weighted by Gasteiger charge is 2.20. The Morgan fingerprint density at radius 1 is 1.33 bits per heavy atom. The van der Waals surface area contributed by atoms with Crippen molar-refractivity contribution in [1.29, 1.82) is 0 Å². The number of benzene rings is 1. The van der Waals surface area contributed by atoms with Crippen LogP contribution in [0.25, 0.3) is 0 Å². The van der Waals surface area contributed by atoms with E-state index in [1.165, 1.54) is 13.2 Å². The van der Waals surface area contributed by atoms with Crippen LogP contribution in [-0.4, -0.2) is 7.11 Å². The zero-order chi connectivity index (χ0) is 13.1. The number of alkyl halides is 1. The van der Waals surface area contributed by atoms with E-state index in [2.05, 4.69) is 0 Å². The van der Waals surface area contributed by atoms with Crippen LogP contribution in [0.5, 0.6) is 5.75 Å². The second kappa shape index (κ2) is 5.44. The summed E-state index contributed by atoms with van der Waals surface area (Å²) in [6.45, 7) is 1.97. The zero-order valence-corrected chi connectivity index (χ0v) is 11.0. The Morgan fingerprint density at radius 2 is 2.11 bits per heavy atom. The van der Waals surface area contributed by atoms with Gasteiger partial charge in [0, 0.05) is 23.6 Å². The number of hydrogen-bond acceptors (Lipinski definition) is 2. The highest BCUT2D eigenvalue weighted by Crippen LogP contribution is 2.34. The number of rotatable bonds is 4. The highest BCUT2D eigenvalue weighted by atomic mass is 35.5. The van der Waals surface area contributed by atoms with Gasteiger partial charge in [0.05, 0.1) is 18.8 Å². The number of furan rings is 1. The lowest BCUT2D eigenvalue weighted by atomic mass is 10.0. The summed E-state index contributed by atoms with van der Waals surface area (Å²) < 4.78 is 24.2. The molecule has 0 bridgehead atoms. The fourth-order valence-electron chi connectivity index (χ4n) is 1.87. The maximum absolute atomic E-state index is 13.9. The van der Waals surface area contributed by atoms with Crippen molar-refractivity contribution in [2.75, 3.05) is 7.11 Å². The second-order valence-electron chi connectivity index (χ2n) is 3.90. The molecule has 1 aromatic carbocycles. The summed E-state index contributed by atoms with van der Waals surface area (Å²) in [5, 5.41) is -0.551. The quantitative estimate of drug-likeness (QED) is 0.771. The Balaban J connectivity index is 2.37. The summed E-state index contributed by atoms with van der Waals surface area (Å²) in [6.07, 6.45) is 2.30. The van der Waals surface area contributed by atoms with Gasteiger partial charge >= 0.3 is 0 Å². The van der Waals surface area contributed by atoms with E-state index in [9.17, 15) is 4.39 Å². The molecule has 0 fully saturated rings. The van der Waals surface area contributed by atoms with Crippen LogP contribution >= 0.6 is 11.6 Å². The summed E-state index contributed by atoms with van der Waals surface area (Å²) >= 11 is 6.32. The summed E-state index contributed by atoms with van der Waals surface area (Å²) in [4.78, 5) is 0. The third-order valence-electron chi connectivity index (χ3n) is 2.85. The Kier molecular flexibility index (Phi) is 3.92. The molecule has 0 saturated carbocycles. The lowest BCUT2D eigenvalue weighted by Crippen LogP contribution is -1.99. The predicted molar refractivity (Wildman–Crippen MR) is 68.7 cm³/mol. The van der Waals surface area contributed by atoms with Crippen molar-refractivity contribution in [3.8, 4) is 5.75 Å². The third kappa shape index (κ3) is 2.36. The van der Waals surface area contributed by atoms with Crippen molar-refractivity contribution < 1.29 is 13.5 Å². The zero-order valence-electron chi connectivity index (χ0n) is 10.2. The van der Waals surface area contributed by atoms with Crippen LogP contribution in [0.3, 0.4) is 0 Å². The molecule has 2 rings (SSSR count). The lowest BCUT2D eigenvalue weighted by Gasteiger charge is -2.11. The molecule has 0 amide bonds. The smallest absolute Gasteiger partial charge is 0.131 e. The monoisotopic (exact) mass is 268 g/mol. The molecule has 0 saturated heterocycles. The molecule has 0 aliphatic heterocycles. The summed E-state index contributed by atoms with van der Waals surface area (Å²) in [5.41, 5.74) is 1.23. The van der Waals surface area contributed by atoms with Gasteiger partial charge in [0.15, 0.2) is 0 Å². The fourth-order valence-corrected chi connectivity index (χ4v) is 2.24. The minimum atomic E-state index is -0.551. The van der Waals surface area contributed by atoms with E-state index in [4.69, 9.17) is 20.8 Å². The van der Waals surface area contributed by atoms with Crippen molar-refractivity contribution in [2.45, 2.75) is 18.7 Å². The van der Waals surface area contributed by atoms with E-state index in [1.807, 2.05) is 6.92 Å². The average Bonchev–Trinajstić information content (AvgIpc) is 2.86. The van der Waals surface area contributed by atoms with Gasteiger partial charge < -0.3 is 9.15 Å². The van der Waals surface area contributed by atoms with E-state index >= 15 is 0 Å². The van der Waals surface area contributed by atoms with Crippen molar-refractivity contribution in [3.05, 3.63) is 53.2 Å². The van der Waals surface area contributed by atoms with Crippen LogP contribution in [0.2, 0.25) is 0 Å². The Bertz CT molecular complexity index is 536. The molecule has 4 heteroatoms. The molecule has 0 N–H and O–H groups in total. The number of methoxy groups -OCH3 is 1. The van der Waals surface area contributed by atoms with Gasteiger partial charge in [-0.3, -0.25) is 0 Å². The van der Waals surface area contributed by atoms with E-state index in [-0.39, 0.29) is 5.82 Å². The number of hydrogen-bond donors (Lipinski definition) is 0. The molecule has 2 nitrogen and oxygen atoms in total. The van der Waals surface area contributed by atoms with Crippen LogP contribution < -0.4 is 4.74 Å². The summed E-state index contributed by atoms with van der Waals surface area (Å²) in [5.74, 6) is 0.880. The molecule has 18 heavy (non-hydrogen) atoms. The molecule has 96 valence electrons. The molecule has 1 atom stereocenters. The van der Waals surface area contributed by atoms with Gasteiger partial charge in [-0.1, -0.05) is 13.0 Å². The van der Waals surface area contributed by atoms with E-state index in [0.29, 0.717) is 11.3 Å². The van der Waals surface area contributed by atoms with Crippen molar-refractivity contribution in [3.63, 3.8) is 0 Å². The van der Waals surface area contributed by atoms with Crippen LogP contribution in [0.4, 0.5) is 4.39 Å². The summed E-state index contributed by atoms with van der Waals surface area (Å²) in [7, 11) is 1.50. The SMILES string of the molecule is CCc1occc1C(Cl)c1ccc(OC)cc1F. The van der Waals surface area contributed by atoms with E-state index in [0.717, 1.165) is 17.7 Å². The Labute approximate surface area is 110 Å². The normalized spacial score (nSPS) is 12.4. The van der Waals surface area contributed by atoms with Gasteiger partial charge in [-0.05, 0) is 12.1 Å². The largest absolute Gasteiger partial charge is 0.497 e. The van der Waals surface area contributed by atoms with Crippen LogP contribution in [0, 0.1) is 5.82 Å². The number of halogens is 2. The maximum Gasteiger partial charge on any atom is 0.131 e. The van der Waals surface area contributed by atoms with Crippen LogP contribution in [0.1, 0.15) is 29.2 Å². The van der Waals surface area contributed by atoms with Gasteiger partial charge in [0.2, 0.25) is 0 Å². The molecular formula is C14H14ClFO2. The number of aryl methyl sites for hydroxylation is 1. The van der Waals surface area contributed by atoms with Gasteiger partial charge in [-0.2, -0.15) is 0 Å². The molecule has 2 aromatic rings. The first kappa shape index (κ1) is 13.0. The minimum Gasteiger partial charge on any atom is -0.497 e. The first-order chi connectivity index (χ1) is 8.67. The number of ether oxygens (including phenoxy) is 1. The molecule has 1 aromatic heterocycles. The molecule has 0 aliphatic rings. The molecule has 1 heterocycles. The fraction of sp³-hybridized carbons (Fsp3) is 0.286. The van der Waals surface area contributed by atoms with Gasteiger partial charge in [-0.15, -0.1) is 11.6 Å². The standard InChI is InChI=1S/C14H14ClFO2/c1-3-13-11(6-7-18-13)14(15)10-5-4-9(17-2)8-12(10)16/h4-8,14H,3H2,1-2H3. The topological polar surface area (TPSA) is 22.4 Å². The second-order valence-corrected chi connectivity index (χ2v) is 4.34. The molecule has 1 unspecified atom stereocenters. The minimum absolute atomic E-state index is 0.377. The average molecular weight is 269 g/mol. The van der Waals surface area contributed by atoms with Gasteiger partial charge in [-0.25, -0.2) is 4.39 Å². The highest BCUT2D eigenvalue weighted by molar-refractivity contribution is 6.22. The van der Waals surface area contributed by atoms with Gasteiger partial charge in [0.25, 0.3) is 0 Å². The Hall–Kier alpha value is -1.48. The Morgan fingerprint density at radius 3 is 2.72 bits per heavy atom. The van der Waals surface area contributed by atoms with E-state index < -0.39 is 5.38 Å². The predicted octanol–water partition coefficient (Wildman–Crippen LogP) is 4.32. The van der Waals surface area contributed by atoms with Crippen LogP contribution in [0.15, 0.2) is 34.9 Å². The van der Waals surface area contributed by atoms with Crippen molar-refractivity contribution in [2.24, 2.45) is 0 Å². The van der Waals surface area contributed by atoms with E-state index in [1.54, 1.807) is 24.5 Å². The maximum atomic E-state index is 13.9. The van der Waals surface area contributed by atoms with Crippen LogP contribution in [-0.2, 0) is 6.42 Å². The third-order valence-corrected chi connectivity index (χ3v) is 3.32.